The minimum Gasteiger partial charge on any atom is -0.497 e. The molecule has 0 bridgehead atoms. The summed E-state index contributed by atoms with van der Waals surface area (Å²) in [7, 11) is 4.85. The van der Waals surface area contributed by atoms with Crippen molar-refractivity contribution in [1.29, 1.82) is 0 Å². The standard InChI is InChI=1S/C20H19N5O3S/c1-26-13-6-4-5-12(9-13)25-19(21)18(23-24-25)20-22-16(11-29-20)15-10-14(27-2)7-8-17(15)28-3/h4-11H,21H2,1-3H3. The van der Waals surface area contributed by atoms with Crippen molar-refractivity contribution in [1.82, 2.24) is 20.0 Å². The number of rotatable bonds is 6. The largest absolute Gasteiger partial charge is 0.497 e. The summed E-state index contributed by atoms with van der Waals surface area (Å²) < 4.78 is 17.6. The number of nitrogens with zero attached hydrogens (tertiary/aromatic N) is 4. The fourth-order valence-electron chi connectivity index (χ4n) is 2.89. The number of ether oxygens (including phenoxy) is 3. The zero-order chi connectivity index (χ0) is 20.4. The minimum absolute atomic E-state index is 0.400. The molecule has 2 N–H and O–H groups in total. The maximum Gasteiger partial charge on any atom is 0.165 e. The molecule has 0 saturated carbocycles. The van der Waals surface area contributed by atoms with E-state index in [2.05, 4.69) is 10.3 Å². The van der Waals surface area contributed by atoms with Crippen molar-refractivity contribution in [2.24, 2.45) is 0 Å². The molecule has 0 amide bonds. The van der Waals surface area contributed by atoms with Crippen molar-refractivity contribution in [3.63, 3.8) is 0 Å². The van der Waals surface area contributed by atoms with Crippen LogP contribution in [0.3, 0.4) is 0 Å². The summed E-state index contributed by atoms with van der Waals surface area (Å²) in [5.74, 6) is 2.53. The zero-order valence-electron chi connectivity index (χ0n) is 16.1. The molecule has 0 radical (unpaired) electrons. The van der Waals surface area contributed by atoms with Gasteiger partial charge in [-0.2, -0.15) is 4.68 Å². The Morgan fingerprint density at radius 2 is 1.76 bits per heavy atom. The van der Waals surface area contributed by atoms with Crippen LogP contribution in [-0.2, 0) is 0 Å². The van der Waals surface area contributed by atoms with E-state index in [0.29, 0.717) is 28.0 Å². The molecular weight excluding hydrogens is 390 g/mol. The van der Waals surface area contributed by atoms with Crippen LogP contribution in [0.4, 0.5) is 5.82 Å². The molecule has 0 aliphatic rings. The van der Waals surface area contributed by atoms with Gasteiger partial charge in [0.25, 0.3) is 0 Å². The molecule has 0 fully saturated rings. The average Bonchev–Trinajstić information content (AvgIpc) is 3.40. The lowest BCUT2D eigenvalue weighted by atomic mass is 10.1. The van der Waals surface area contributed by atoms with Gasteiger partial charge in [-0.1, -0.05) is 11.3 Å². The second-order valence-electron chi connectivity index (χ2n) is 6.04. The molecule has 0 aliphatic heterocycles. The van der Waals surface area contributed by atoms with Crippen molar-refractivity contribution < 1.29 is 14.2 Å². The van der Waals surface area contributed by atoms with E-state index in [1.54, 1.807) is 26.0 Å². The third-order valence-corrected chi connectivity index (χ3v) is 5.24. The van der Waals surface area contributed by atoms with Gasteiger partial charge in [0.15, 0.2) is 11.5 Å². The molecule has 148 valence electrons. The number of benzene rings is 2. The Hall–Kier alpha value is -3.59. The molecule has 4 rings (SSSR count). The van der Waals surface area contributed by atoms with E-state index in [-0.39, 0.29) is 0 Å². The SMILES string of the molecule is COc1cccc(-n2nnc(-c3nc(-c4cc(OC)ccc4OC)cs3)c2N)c1. The van der Waals surface area contributed by atoms with Crippen molar-refractivity contribution in [2.75, 3.05) is 27.1 Å². The van der Waals surface area contributed by atoms with Crippen LogP contribution < -0.4 is 19.9 Å². The quantitative estimate of drug-likeness (QED) is 0.519. The van der Waals surface area contributed by atoms with E-state index in [1.807, 2.05) is 47.8 Å². The van der Waals surface area contributed by atoms with Gasteiger partial charge in [0.05, 0.1) is 32.7 Å². The summed E-state index contributed by atoms with van der Waals surface area (Å²) in [5.41, 5.74) is 9.18. The van der Waals surface area contributed by atoms with Crippen LogP contribution in [0.15, 0.2) is 47.8 Å². The molecule has 0 saturated heterocycles. The van der Waals surface area contributed by atoms with Crippen molar-refractivity contribution >= 4 is 17.2 Å². The number of thiazole rings is 1. The molecule has 2 aromatic heterocycles. The maximum atomic E-state index is 6.33. The normalized spacial score (nSPS) is 10.7. The van der Waals surface area contributed by atoms with Crippen LogP contribution in [-0.4, -0.2) is 41.3 Å². The average molecular weight is 409 g/mol. The minimum atomic E-state index is 0.400. The number of nitrogen functional groups attached to an aromatic ring is 1. The predicted molar refractivity (Wildman–Crippen MR) is 112 cm³/mol. The predicted octanol–water partition coefficient (Wildman–Crippen LogP) is 3.67. The highest BCUT2D eigenvalue weighted by Crippen LogP contribution is 2.37. The lowest BCUT2D eigenvalue weighted by molar-refractivity contribution is 0.404. The third-order valence-electron chi connectivity index (χ3n) is 4.39. The van der Waals surface area contributed by atoms with Crippen LogP contribution in [0.5, 0.6) is 17.2 Å². The summed E-state index contributed by atoms with van der Waals surface area (Å²) in [5, 5.41) is 11.0. The van der Waals surface area contributed by atoms with E-state index >= 15 is 0 Å². The fourth-order valence-corrected chi connectivity index (χ4v) is 3.71. The molecule has 0 unspecified atom stereocenters. The molecule has 0 spiro atoms. The highest BCUT2D eigenvalue weighted by molar-refractivity contribution is 7.13. The van der Waals surface area contributed by atoms with E-state index in [4.69, 9.17) is 24.9 Å². The Balaban J connectivity index is 1.72. The molecule has 8 nitrogen and oxygen atoms in total. The first-order valence-electron chi connectivity index (χ1n) is 8.68. The van der Waals surface area contributed by atoms with Gasteiger partial charge in [0.2, 0.25) is 0 Å². The Kier molecular flexibility index (Phi) is 5.05. The van der Waals surface area contributed by atoms with Crippen LogP contribution in [0.2, 0.25) is 0 Å². The lowest BCUT2D eigenvalue weighted by Gasteiger charge is -2.08. The number of methoxy groups -OCH3 is 3. The van der Waals surface area contributed by atoms with Crippen LogP contribution in [0, 0.1) is 0 Å². The van der Waals surface area contributed by atoms with E-state index in [9.17, 15) is 0 Å². The summed E-state index contributed by atoms with van der Waals surface area (Å²) in [6, 6.07) is 13.0. The van der Waals surface area contributed by atoms with Gasteiger partial charge in [-0.05, 0) is 30.3 Å². The summed E-state index contributed by atoms with van der Waals surface area (Å²) in [6.45, 7) is 0. The second kappa shape index (κ2) is 7.80. The van der Waals surface area contributed by atoms with Crippen LogP contribution in [0.25, 0.3) is 27.6 Å². The first kappa shape index (κ1) is 18.8. The topological polar surface area (TPSA) is 97.3 Å². The number of anilines is 1. The van der Waals surface area contributed by atoms with E-state index in [0.717, 1.165) is 22.7 Å². The Morgan fingerprint density at radius 3 is 2.52 bits per heavy atom. The number of aromatic nitrogens is 4. The summed E-state index contributed by atoms with van der Waals surface area (Å²) >= 11 is 1.43. The lowest BCUT2D eigenvalue weighted by Crippen LogP contribution is -2.02. The highest BCUT2D eigenvalue weighted by atomic mass is 32.1. The summed E-state index contributed by atoms with van der Waals surface area (Å²) in [6.07, 6.45) is 0. The molecule has 0 atom stereocenters. The molecule has 29 heavy (non-hydrogen) atoms. The maximum absolute atomic E-state index is 6.33. The van der Waals surface area contributed by atoms with Gasteiger partial charge >= 0.3 is 0 Å². The van der Waals surface area contributed by atoms with Crippen molar-refractivity contribution in [3.8, 4) is 44.9 Å². The van der Waals surface area contributed by atoms with Gasteiger partial charge in [-0.15, -0.1) is 16.4 Å². The van der Waals surface area contributed by atoms with Gasteiger partial charge in [-0.25, -0.2) is 4.98 Å². The highest BCUT2D eigenvalue weighted by Gasteiger charge is 2.18. The van der Waals surface area contributed by atoms with Gasteiger partial charge < -0.3 is 19.9 Å². The van der Waals surface area contributed by atoms with E-state index < -0.39 is 0 Å². The first-order valence-corrected chi connectivity index (χ1v) is 9.56. The van der Waals surface area contributed by atoms with Gasteiger partial charge in [-0.3, -0.25) is 0 Å². The monoisotopic (exact) mass is 409 g/mol. The third kappa shape index (κ3) is 3.47. The molecule has 0 aliphatic carbocycles. The second-order valence-corrected chi connectivity index (χ2v) is 6.90. The Morgan fingerprint density at radius 1 is 0.966 bits per heavy atom. The van der Waals surface area contributed by atoms with Gasteiger partial charge in [0, 0.05) is 17.0 Å². The molecule has 4 aromatic rings. The molecule has 2 heterocycles. The van der Waals surface area contributed by atoms with Crippen LogP contribution in [0.1, 0.15) is 0 Å². The molecular formula is C20H19N5O3S. The number of nitrogens with two attached hydrogens (primary N) is 1. The van der Waals surface area contributed by atoms with Crippen molar-refractivity contribution in [2.45, 2.75) is 0 Å². The molecule has 2 aromatic carbocycles. The Bertz CT molecular complexity index is 1150. The molecule has 9 heteroatoms. The Labute approximate surface area is 171 Å². The number of hydrogen-bond acceptors (Lipinski definition) is 8. The van der Waals surface area contributed by atoms with Crippen molar-refractivity contribution in [3.05, 3.63) is 47.8 Å². The zero-order valence-corrected chi connectivity index (χ0v) is 16.9. The smallest absolute Gasteiger partial charge is 0.165 e. The fraction of sp³-hybridized carbons (Fsp3) is 0.150. The first-order chi connectivity index (χ1) is 14.1. The van der Waals surface area contributed by atoms with Gasteiger partial charge in [0.1, 0.15) is 22.3 Å². The van der Waals surface area contributed by atoms with Crippen LogP contribution >= 0.6 is 11.3 Å². The number of hydrogen-bond donors (Lipinski definition) is 1. The van der Waals surface area contributed by atoms with E-state index in [1.165, 1.54) is 11.3 Å². The summed E-state index contributed by atoms with van der Waals surface area (Å²) in [4.78, 5) is 4.70.